The third kappa shape index (κ3) is 4.32. The van der Waals surface area contributed by atoms with E-state index in [0.29, 0.717) is 18.7 Å². The van der Waals surface area contributed by atoms with Crippen LogP contribution in [-0.2, 0) is 16.1 Å². The summed E-state index contributed by atoms with van der Waals surface area (Å²) in [6.45, 7) is 6.60. The molecule has 0 N–H and O–H groups in total. The zero-order chi connectivity index (χ0) is 20.3. The van der Waals surface area contributed by atoms with Crippen LogP contribution >= 0.6 is 0 Å². The first kappa shape index (κ1) is 19.9. The molecule has 0 aromatic heterocycles. The minimum atomic E-state index is -0.572. The molecule has 5 nitrogen and oxygen atoms in total. The van der Waals surface area contributed by atoms with E-state index in [1.165, 1.54) is 17.0 Å². The standard InChI is InChI=1S/C22H25FN2O3/c1-15-6-4-9-20(16(15)2)28-11-10-25-17(3)22(27)24(14-21(25)26)13-18-7-5-8-19(23)12-18/h4-9,12,17H,10-11,13-14H2,1-3H3/t17-/m0/s1. The van der Waals surface area contributed by atoms with Gasteiger partial charge in [0.1, 0.15) is 30.8 Å². The lowest BCUT2D eigenvalue weighted by Gasteiger charge is -2.38. The minimum absolute atomic E-state index is 0.0108. The highest BCUT2D eigenvalue weighted by atomic mass is 19.1. The van der Waals surface area contributed by atoms with Gasteiger partial charge < -0.3 is 14.5 Å². The molecule has 1 heterocycles. The van der Waals surface area contributed by atoms with Gasteiger partial charge in [0.05, 0.1) is 6.54 Å². The summed E-state index contributed by atoms with van der Waals surface area (Å²) in [6.07, 6.45) is 0. The van der Waals surface area contributed by atoms with E-state index in [4.69, 9.17) is 4.74 Å². The molecular weight excluding hydrogens is 359 g/mol. The van der Waals surface area contributed by atoms with Crippen molar-refractivity contribution in [3.8, 4) is 5.75 Å². The lowest BCUT2D eigenvalue weighted by Crippen LogP contribution is -2.59. The molecule has 6 heteroatoms. The summed E-state index contributed by atoms with van der Waals surface area (Å²) in [7, 11) is 0. The van der Waals surface area contributed by atoms with Crippen LogP contribution in [0.4, 0.5) is 4.39 Å². The molecule has 1 saturated heterocycles. The van der Waals surface area contributed by atoms with Crippen LogP contribution in [0, 0.1) is 19.7 Å². The fourth-order valence-corrected chi connectivity index (χ4v) is 3.39. The van der Waals surface area contributed by atoms with Crippen molar-refractivity contribution in [2.24, 2.45) is 0 Å². The number of carbonyl (C=O) groups is 2. The molecule has 1 atom stereocenters. The Labute approximate surface area is 164 Å². The number of rotatable bonds is 6. The van der Waals surface area contributed by atoms with Gasteiger partial charge in [0, 0.05) is 6.54 Å². The number of aryl methyl sites for hydroxylation is 1. The number of hydrogen-bond donors (Lipinski definition) is 0. The Hall–Kier alpha value is -2.89. The van der Waals surface area contributed by atoms with E-state index in [9.17, 15) is 14.0 Å². The Bertz CT molecular complexity index is 884. The highest BCUT2D eigenvalue weighted by Crippen LogP contribution is 2.21. The summed E-state index contributed by atoms with van der Waals surface area (Å²) in [5.41, 5.74) is 2.88. The third-order valence-electron chi connectivity index (χ3n) is 5.19. The van der Waals surface area contributed by atoms with E-state index >= 15 is 0 Å². The molecule has 3 rings (SSSR count). The molecule has 28 heavy (non-hydrogen) atoms. The number of nitrogens with zero attached hydrogens (tertiary/aromatic N) is 2. The minimum Gasteiger partial charge on any atom is -0.491 e. The maximum absolute atomic E-state index is 13.4. The van der Waals surface area contributed by atoms with E-state index in [0.717, 1.165) is 16.9 Å². The Balaban J connectivity index is 1.60. The number of halogens is 1. The molecule has 2 aromatic rings. The topological polar surface area (TPSA) is 49.9 Å². The zero-order valence-electron chi connectivity index (χ0n) is 16.4. The molecule has 2 aromatic carbocycles. The van der Waals surface area contributed by atoms with Gasteiger partial charge in [0.15, 0.2) is 0 Å². The van der Waals surface area contributed by atoms with E-state index in [-0.39, 0.29) is 30.7 Å². The van der Waals surface area contributed by atoms with Crippen molar-refractivity contribution in [2.45, 2.75) is 33.4 Å². The van der Waals surface area contributed by atoms with Crippen LogP contribution in [0.5, 0.6) is 5.75 Å². The monoisotopic (exact) mass is 384 g/mol. The molecule has 0 unspecified atom stereocenters. The molecule has 0 bridgehead atoms. The largest absolute Gasteiger partial charge is 0.491 e. The number of carbonyl (C=O) groups excluding carboxylic acids is 2. The van der Waals surface area contributed by atoms with Crippen molar-refractivity contribution in [1.82, 2.24) is 9.80 Å². The van der Waals surface area contributed by atoms with Gasteiger partial charge in [0.2, 0.25) is 11.8 Å². The van der Waals surface area contributed by atoms with Crippen molar-refractivity contribution in [3.05, 3.63) is 65.0 Å². The summed E-state index contributed by atoms with van der Waals surface area (Å²) in [4.78, 5) is 28.3. The van der Waals surface area contributed by atoms with Gasteiger partial charge in [-0.2, -0.15) is 0 Å². The fourth-order valence-electron chi connectivity index (χ4n) is 3.39. The van der Waals surface area contributed by atoms with Crippen molar-refractivity contribution >= 4 is 11.8 Å². The second-order valence-corrected chi connectivity index (χ2v) is 7.13. The van der Waals surface area contributed by atoms with Crippen LogP contribution in [0.1, 0.15) is 23.6 Å². The molecule has 0 aliphatic carbocycles. The molecule has 0 spiro atoms. The van der Waals surface area contributed by atoms with Crippen LogP contribution in [0.25, 0.3) is 0 Å². The van der Waals surface area contributed by atoms with Crippen LogP contribution in [0.2, 0.25) is 0 Å². The molecule has 1 fully saturated rings. The molecule has 148 valence electrons. The van der Waals surface area contributed by atoms with E-state index in [1.54, 1.807) is 24.0 Å². The lowest BCUT2D eigenvalue weighted by molar-refractivity contribution is -0.155. The van der Waals surface area contributed by atoms with Crippen molar-refractivity contribution in [2.75, 3.05) is 19.7 Å². The average Bonchev–Trinajstić information content (AvgIpc) is 2.65. The van der Waals surface area contributed by atoms with Gasteiger partial charge >= 0.3 is 0 Å². The van der Waals surface area contributed by atoms with Crippen molar-refractivity contribution in [1.29, 1.82) is 0 Å². The van der Waals surface area contributed by atoms with Crippen LogP contribution in [0.3, 0.4) is 0 Å². The summed E-state index contributed by atoms with van der Waals surface area (Å²) in [6, 6.07) is 11.4. The summed E-state index contributed by atoms with van der Waals surface area (Å²) >= 11 is 0. The first-order valence-corrected chi connectivity index (χ1v) is 9.38. The average molecular weight is 384 g/mol. The van der Waals surface area contributed by atoms with Gasteiger partial charge in [-0.15, -0.1) is 0 Å². The van der Waals surface area contributed by atoms with Crippen LogP contribution < -0.4 is 4.74 Å². The normalized spacial score (nSPS) is 17.2. The van der Waals surface area contributed by atoms with E-state index in [1.807, 2.05) is 32.0 Å². The van der Waals surface area contributed by atoms with Gasteiger partial charge in [-0.25, -0.2) is 4.39 Å². The molecule has 1 aliphatic heterocycles. The van der Waals surface area contributed by atoms with Gasteiger partial charge in [-0.3, -0.25) is 9.59 Å². The molecule has 2 amide bonds. The number of piperazine rings is 1. The second-order valence-electron chi connectivity index (χ2n) is 7.13. The Kier molecular flexibility index (Phi) is 5.97. The Morgan fingerprint density at radius 3 is 2.64 bits per heavy atom. The quantitative estimate of drug-likeness (QED) is 0.769. The Morgan fingerprint density at radius 1 is 1.14 bits per heavy atom. The summed E-state index contributed by atoms with van der Waals surface area (Å²) in [5, 5.41) is 0. The molecular formula is C22H25FN2O3. The molecule has 1 aliphatic rings. The lowest BCUT2D eigenvalue weighted by atomic mass is 10.1. The maximum atomic E-state index is 13.4. The van der Waals surface area contributed by atoms with Gasteiger partial charge in [0.25, 0.3) is 0 Å². The molecule has 0 radical (unpaired) electrons. The number of benzene rings is 2. The zero-order valence-corrected chi connectivity index (χ0v) is 16.4. The van der Waals surface area contributed by atoms with Crippen LogP contribution in [0.15, 0.2) is 42.5 Å². The number of amides is 2. The number of hydrogen-bond acceptors (Lipinski definition) is 3. The highest BCUT2D eigenvalue weighted by Gasteiger charge is 2.36. The highest BCUT2D eigenvalue weighted by molar-refractivity contribution is 5.94. The maximum Gasteiger partial charge on any atom is 0.245 e. The SMILES string of the molecule is Cc1cccc(OCCN2C(=O)CN(Cc3cccc(F)c3)C(=O)[C@@H]2C)c1C. The summed E-state index contributed by atoms with van der Waals surface area (Å²) < 4.78 is 19.2. The predicted molar refractivity (Wildman–Crippen MR) is 104 cm³/mol. The Morgan fingerprint density at radius 2 is 1.89 bits per heavy atom. The smallest absolute Gasteiger partial charge is 0.245 e. The van der Waals surface area contributed by atoms with Gasteiger partial charge in [-0.05, 0) is 55.7 Å². The predicted octanol–water partition coefficient (Wildman–Crippen LogP) is 3.08. The van der Waals surface area contributed by atoms with E-state index in [2.05, 4.69) is 0 Å². The van der Waals surface area contributed by atoms with Crippen LogP contribution in [-0.4, -0.2) is 47.4 Å². The van der Waals surface area contributed by atoms with E-state index < -0.39 is 6.04 Å². The second kappa shape index (κ2) is 8.42. The fraction of sp³-hybridized carbons (Fsp3) is 0.364. The number of ether oxygens (including phenoxy) is 1. The first-order chi connectivity index (χ1) is 13.4. The first-order valence-electron chi connectivity index (χ1n) is 9.38. The third-order valence-corrected chi connectivity index (χ3v) is 5.19. The van der Waals surface area contributed by atoms with Crippen molar-refractivity contribution in [3.63, 3.8) is 0 Å². The molecule has 0 saturated carbocycles. The summed E-state index contributed by atoms with van der Waals surface area (Å²) in [5.74, 6) is 0.159. The van der Waals surface area contributed by atoms with Crippen molar-refractivity contribution < 1.29 is 18.7 Å². The van der Waals surface area contributed by atoms with Gasteiger partial charge in [-0.1, -0.05) is 24.3 Å².